The van der Waals surface area contributed by atoms with Gasteiger partial charge in [0.15, 0.2) is 0 Å². The van der Waals surface area contributed by atoms with Crippen LogP contribution in [-0.2, 0) is 14.3 Å². The predicted molar refractivity (Wildman–Crippen MR) is 83.5 cm³/mol. The Labute approximate surface area is 130 Å². The number of rotatable bonds is 7. The fourth-order valence-corrected chi connectivity index (χ4v) is 1.75. The Morgan fingerprint density at radius 3 is 2.45 bits per heavy atom. The Morgan fingerprint density at radius 1 is 1.14 bits per heavy atom. The highest BCUT2D eigenvalue weighted by Crippen LogP contribution is 2.16. The average molecular weight is 306 g/mol. The zero-order valence-electron chi connectivity index (χ0n) is 13.1. The highest BCUT2D eigenvalue weighted by atomic mass is 16.5. The molecule has 2 amide bonds. The molecule has 0 heterocycles. The minimum atomic E-state index is -0.512. The Morgan fingerprint density at radius 2 is 1.82 bits per heavy atom. The van der Waals surface area contributed by atoms with Gasteiger partial charge in [-0.15, -0.1) is 0 Å². The van der Waals surface area contributed by atoms with Gasteiger partial charge in [0.1, 0.15) is 6.42 Å². The number of benzene rings is 1. The van der Waals surface area contributed by atoms with Gasteiger partial charge in [0.25, 0.3) is 0 Å². The number of esters is 1. The van der Waals surface area contributed by atoms with Crippen molar-refractivity contribution in [3.63, 3.8) is 0 Å². The van der Waals surface area contributed by atoms with Crippen molar-refractivity contribution >= 4 is 23.5 Å². The van der Waals surface area contributed by atoms with Gasteiger partial charge in [-0.1, -0.05) is 19.1 Å². The predicted octanol–water partition coefficient (Wildman–Crippen LogP) is 2.11. The number of carbonyl (C=O) groups excluding carboxylic acids is 3. The van der Waals surface area contributed by atoms with Gasteiger partial charge in [0.2, 0.25) is 11.8 Å². The van der Waals surface area contributed by atoms with Crippen molar-refractivity contribution < 1.29 is 19.1 Å². The van der Waals surface area contributed by atoms with Gasteiger partial charge < -0.3 is 15.4 Å². The lowest BCUT2D eigenvalue weighted by atomic mass is 10.1. The van der Waals surface area contributed by atoms with Gasteiger partial charge in [-0.05, 0) is 32.4 Å². The number of anilines is 1. The maximum atomic E-state index is 11.9. The molecule has 1 rings (SSSR count). The van der Waals surface area contributed by atoms with Crippen LogP contribution in [0.25, 0.3) is 0 Å². The molecule has 0 radical (unpaired) electrons. The highest BCUT2D eigenvalue weighted by Gasteiger charge is 2.16. The van der Waals surface area contributed by atoms with Crippen molar-refractivity contribution in [1.82, 2.24) is 5.32 Å². The fourth-order valence-electron chi connectivity index (χ4n) is 1.75. The second-order valence-corrected chi connectivity index (χ2v) is 4.87. The number of ether oxygens (including phenoxy) is 1. The third-order valence-corrected chi connectivity index (χ3v) is 3.04. The van der Waals surface area contributed by atoms with Crippen LogP contribution in [0, 0.1) is 0 Å². The first-order valence-corrected chi connectivity index (χ1v) is 7.33. The number of hydrogen-bond acceptors (Lipinski definition) is 4. The molecule has 1 atom stereocenters. The number of hydrogen-bond donors (Lipinski definition) is 2. The van der Waals surface area contributed by atoms with Crippen LogP contribution in [0.2, 0.25) is 0 Å². The number of para-hydroxylation sites is 1. The topological polar surface area (TPSA) is 84.5 Å². The summed E-state index contributed by atoms with van der Waals surface area (Å²) in [6.45, 7) is 5.77. The maximum absolute atomic E-state index is 11.9. The van der Waals surface area contributed by atoms with Crippen LogP contribution < -0.4 is 10.6 Å². The molecule has 0 aliphatic heterocycles. The quantitative estimate of drug-likeness (QED) is 0.597. The molecule has 1 aromatic carbocycles. The molecular formula is C16H22N2O4. The lowest BCUT2D eigenvalue weighted by Gasteiger charge is -2.12. The number of nitrogens with one attached hydrogen (secondary N) is 2. The summed E-state index contributed by atoms with van der Waals surface area (Å²) >= 11 is 0. The van der Waals surface area contributed by atoms with E-state index in [1.807, 2.05) is 13.8 Å². The van der Waals surface area contributed by atoms with Crippen molar-refractivity contribution in [3.05, 3.63) is 29.8 Å². The molecule has 0 aliphatic carbocycles. The van der Waals surface area contributed by atoms with E-state index in [1.165, 1.54) is 0 Å². The van der Waals surface area contributed by atoms with E-state index < -0.39 is 11.9 Å². The summed E-state index contributed by atoms with van der Waals surface area (Å²) < 4.78 is 4.93. The average Bonchev–Trinajstić information content (AvgIpc) is 2.47. The maximum Gasteiger partial charge on any atom is 0.340 e. The molecule has 6 heteroatoms. The van der Waals surface area contributed by atoms with Gasteiger partial charge in [-0.3, -0.25) is 9.59 Å². The monoisotopic (exact) mass is 306 g/mol. The molecule has 0 spiro atoms. The summed E-state index contributed by atoms with van der Waals surface area (Å²) in [5, 5.41) is 5.28. The van der Waals surface area contributed by atoms with E-state index in [4.69, 9.17) is 4.74 Å². The van der Waals surface area contributed by atoms with Crippen LogP contribution in [0.1, 0.15) is 44.0 Å². The van der Waals surface area contributed by atoms with Gasteiger partial charge >= 0.3 is 5.97 Å². The summed E-state index contributed by atoms with van der Waals surface area (Å²) in [6.07, 6.45) is 0.501. The molecule has 2 N–H and O–H groups in total. The van der Waals surface area contributed by atoms with E-state index in [-0.39, 0.29) is 30.5 Å². The summed E-state index contributed by atoms with van der Waals surface area (Å²) in [7, 11) is 0. The van der Waals surface area contributed by atoms with E-state index in [0.717, 1.165) is 6.42 Å². The molecule has 0 saturated carbocycles. The molecule has 1 unspecified atom stereocenters. The molecule has 22 heavy (non-hydrogen) atoms. The van der Waals surface area contributed by atoms with Crippen molar-refractivity contribution in [2.45, 2.75) is 39.7 Å². The number of carbonyl (C=O) groups is 3. The SMILES string of the molecule is CCOC(=O)c1ccccc1NC(=O)CC(=O)NC(C)CC. The van der Waals surface area contributed by atoms with Crippen LogP contribution in [0.15, 0.2) is 24.3 Å². The fraction of sp³-hybridized carbons (Fsp3) is 0.438. The van der Waals surface area contributed by atoms with Crippen molar-refractivity contribution in [1.29, 1.82) is 0 Å². The first-order chi connectivity index (χ1) is 10.5. The molecule has 0 aliphatic rings. The van der Waals surface area contributed by atoms with E-state index >= 15 is 0 Å². The highest BCUT2D eigenvalue weighted by molar-refractivity contribution is 6.06. The normalized spacial score (nSPS) is 11.4. The Kier molecular flexibility index (Phi) is 7.08. The van der Waals surface area contributed by atoms with Crippen LogP contribution in [0.4, 0.5) is 5.69 Å². The lowest BCUT2D eigenvalue weighted by molar-refractivity contribution is -0.127. The molecule has 120 valence electrons. The smallest absolute Gasteiger partial charge is 0.340 e. The van der Waals surface area contributed by atoms with Gasteiger partial charge in [-0.25, -0.2) is 4.79 Å². The summed E-state index contributed by atoms with van der Waals surface area (Å²) in [6, 6.07) is 6.55. The van der Waals surface area contributed by atoms with Crippen LogP contribution in [0.3, 0.4) is 0 Å². The van der Waals surface area contributed by atoms with Crippen LogP contribution in [0.5, 0.6) is 0 Å². The molecular weight excluding hydrogens is 284 g/mol. The zero-order chi connectivity index (χ0) is 16.5. The van der Waals surface area contributed by atoms with Crippen molar-refractivity contribution in [2.75, 3.05) is 11.9 Å². The minimum Gasteiger partial charge on any atom is -0.462 e. The first kappa shape index (κ1) is 17.7. The third-order valence-electron chi connectivity index (χ3n) is 3.04. The molecule has 0 fully saturated rings. The van der Waals surface area contributed by atoms with Gasteiger partial charge in [0, 0.05) is 6.04 Å². The second kappa shape index (κ2) is 8.81. The van der Waals surface area contributed by atoms with E-state index in [0.29, 0.717) is 5.69 Å². The van der Waals surface area contributed by atoms with E-state index in [2.05, 4.69) is 10.6 Å². The summed E-state index contributed by atoms with van der Waals surface area (Å²) in [5.41, 5.74) is 0.599. The zero-order valence-corrected chi connectivity index (χ0v) is 13.1. The molecule has 1 aromatic rings. The van der Waals surface area contributed by atoms with Crippen molar-refractivity contribution in [2.24, 2.45) is 0 Å². The first-order valence-electron chi connectivity index (χ1n) is 7.33. The van der Waals surface area contributed by atoms with Gasteiger partial charge in [-0.2, -0.15) is 0 Å². The summed E-state index contributed by atoms with van der Waals surface area (Å²) in [4.78, 5) is 35.4. The Balaban J connectivity index is 2.68. The van der Waals surface area contributed by atoms with Crippen LogP contribution >= 0.6 is 0 Å². The molecule has 0 saturated heterocycles. The standard InChI is InChI=1S/C16H22N2O4/c1-4-11(3)17-14(19)10-15(20)18-13-9-7-6-8-12(13)16(21)22-5-2/h6-9,11H,4-5,10H2,1-3H3,(H,17,19)(H,18,20). The Hall–Kier alpha value is -2.37. The van der Waals surface area contributed by atoms with Crippen molar-refractivity contribution in [3.8, 4) is 0 Å². The number of amides is 2. The van der Waals surface area contributed by atoms with Crippen LogP contribution in [-0.4, -0.2) is 30.4 Å². The molecule has 0 aromatic heterocycles. The molecule has 0 bridgehead atoms. The second-order valence-electron chi connectivity index (χ2n) is 4.87. The molecule has 6 nitrogen and oxygen atoms in total. The summed E-state index contributed by atoms with van der Waals surface area (Å²) in [5.74, 6) is -1.33. The van der Waals surface area contributed by atoms with E-state index in [1.54, 1.807) is 31.2 Å². The lowest BCUT2D eigenvalue weighted by Crippen LogP contribution is -2.34. The van der Waals surface area contributed by atoms with Gasteiger partial charge in [0.05, 0.1) is 17.9 Å². The Bertz CT molecular complexity index is 543. The minimum absolute atomic E-state index is 0.0205. The third kappa shape index (κ3) is 5.55. The largest absolute Gasteiger partial charge is 0.462 e. The van der Waals surface area contributed by atoms with E-state index in [9.17, 15) is 14.4 Å².